The van der Waals surface area contributed by atoms with E-state index in [0.29, 0.717) is 5.92 Å². The Hall–Kier alpha value is -1.73. The first-order valence-corrected chi connectivity index (χ1v) is 9.39. The summed E-state index contributed by atoms with van der Waals surface area (Å²) >= 11 is 1.47. The average molecular weight is 348 g/mol. The largest absolute Gasteiger partial charge is 0.476 e. The number of aromatic nitrogens is 3. The van der Waals surface area contributed by atoms with Crippen LogP contribution in [0.4, 0.5) is 0 Å². The maximum atomic E-state index is 11.0. The molecule has 1 N–H and O–H groups in total. The summed E-state index contributed by atoms with van der Waals surface area (Å²) in [4.78, 5) is 17.8. The first-order chi connectivity index (χ1) is 11.6. The van der Waals surface area contributed by atoms with Gasteiger partial charge in [0.1, 0.15) is 0 Å². The second-order valence-electron chi connectivity index (χ2n) is 6.45. The molecule has 1 fully saturated rings. The van der Waals surface area contributed by atoms with Crippen molar-refractivity contribution in [3.8, 4) is 0 Å². The lowest BCUT2D eigenvalue weighted by Crippen LogP contribution is -2.34. The first-order valence-electron chi connectivity index (χ1n) is 8.51. The Morgan fingerprint density at radius 3 is 3.04 bits per heavy atom. The molecule has 3 heterocycles. The van der Waals surface area contributed by atoms with Crippen LogP contribution in [-0.2, 0) is 13.1 Å². The number of carboxylic acid groups (broad SMARTS) is 1. The topological polar surface area (TPSA) is 71.2 Å². The van der Waals surface area contributed by atoms with Crippen LogP contribution >= 0.6 is 11.3 Å². The number of rotatable bonds is 6. The first kappa shape index (κ1) is 17.1. The summed E-state index contributed by atoms with van der Waals surface area (Å²) in [5.74, 6) is -0.607. The SMILES string of the molecule is CCCn1nc(C)cc1CN1CCCC(c2nc(C(=O)O)cs2)C1. The van der Waals surface area contributed by atoms with Gasteiger partial charge in [0, 0.05) is 30.9 Å². The molecular formula is C17H24N4O2S. The quantitative estimate of drug-likeness (QED) is 0.868. The minimum atomic E-state index is -0.941. The fourth-order valence-corrected chi connectivity index (χ4v) is 4.26. The van der Waals surface area contributed by atoms with Gasteiger partial charge in [0.05, 0.1) is 16.4 Å². The molecule has 0 aliphatic carbocycles. The molecule has 1 saturated heterocycles. The molecule has 1 aliphatic heterocycles. The van der Waals surface area contributed by atoms with E-state index in [1.54, 1.807) is 5.38 Å². The summed E-state index contributed by atoms with van der Waals surface area (Å²) in [5.41, 5.74) is 2.50. The number of likely N-dealkylation sites (tertiary alicyclic amines) is 1. The van der Waals surface area contributed by atoms with Crippen molar-refractivity contribution in [1.29, 1.82) is 0 Å². The van der Waals surface area contributed by atoms with Gasteiger partial charge in [0.25, 0.3) is 0 Å². The van der Waals surface area contributed by atoms with E-state index in [1.165, 1.54) is 17.0 Å². The van der Waals surface area contributed by atoms with Crippen molar-refractivity contribution in [3.63, 3.8) is 0 Å². The van der Waals surface area contributed by atoms with Crippen molar-refractivity contribution in [2.75, 3.05) is 13.1 Å². The minimum Gasteiger partial charge on any atom is -0.476 e. The molecular weight excluding hydrogens is 324 g/mol. The van der Waals surface area contributed by atoms with Crippen molar-refractivity contribution >= 4 is 17.3 Å². The van der Waals surface area contributed by atoms with E-state index >= 15 is 0 Å². The van der Waals surface area contributed by atoms with Crippen molar-refractivity contribution in [2.24, 2.45) is 0 Å². The van der Waals surface area contributed by atoms with Crippen LogP contribution in [0.15, 0.2) is 11.4 Å². The highest BCUT2D eigenvalue weighted by Gasteiger charge is 2.25. The zero-order valence-electron chi connectivity index (χ0n) is 14.2. The van der Waals surface area contributed by atoms with E-state index < -0.39 is 5.97 Å². The molecule has 2 aromatic heterocycles. The summed E-state index contributed by atoms with van der Waals surface area (Å²) in [6.07, 6.45) is 3.28. The van der Waals surface area contributed by atoms with Gasteiger partial charge in [-0.15, -0.1) is 11.3 Å². The second kappa shape index (κ2) is 7.44. The molecule has 1 aliphatic rings. The molecule has 24 heavy (non-hydrogen) atoms. The van der Waals surface area contributed by atoms with Gasteiger partial charge in [0.15, 0.2) is 5.69 Å². The average Bonchev–Trinajstić information content (AvgIpc) is 3.16. The number of carbonyl (C=O) groups is 1. The number of hydrogen-bond acceptors (Lipinski definition) is 5. The predicted octanol–water partition coefficient (Wildman–Crippen LogP) is 3.14. The van der Waals surface area contributed by atoms with Crippen molar-refractivity contribution in [2.45, 2.75) is 52.1 Å². The molecule has 7 heteroatoms. The van der Waals surface area contributed by atoms with Crippen LogP contribution < -0.4 is 0 Å². The minimum absolute atomic E-state index is 0.170. The molecule has 0 saturated carbocycles. The Bertz CT molecular complexity index is 709. The van der Waals surface area contributed by atoms with Gasteiger partial charge >= 0.3 is 5.97 Å². The number of hydrogen-bond donors (Lipinski definition) is 1. The molecule has 6 nitrogen and oxygen atoms in total. The van der Waals surface area contributed by atoms with Crippen molar-refractivity contribution < 1.29 is 9.90 Å². The van der Waals surface area contributed by atoms with Crippen LogP contribution in [-0.4, -0.2) is 43.8 Å². The van der Waals surface area contributed by atoms with E-state index in [-0.39, 0.29) is 5.69 Å². The van der Waals surface area contributed by atoms with Crippen LogP contribution in [0.3, 0.4) is 0 Å². The highest BCUT2D eigenvalue weighted by Crippen LogP contribution is 2.30. The Kier molecular flexibility index (Phi) is 5.30. The Morgan fingerprint density at radius 2 is 2.33 bits per heavy atom. The van der Waals surface area contributed by atoms with Crippen LogP contribution in [0.2, 0.25) is 0 Å². The highest BCUT2D eigenvalue weighted by atomic mass is 32.1. The lowest BCUT2D eigenvalue weighted by Gasteiger charge is -2.31. The van der Waals surface area contributed by atoms with Crippen LogP contribution in [0.25, 0.3) is 0 Å². The predicted molar refractivity (Wildman–Crippen MR) is 93.6 cm³/mol. The van der Waals surface area contributed by atoms with E-state index in [0.717, 1.165) is 56.1 Å². The van der Waals surface area contributed by atoms with Gasteiger partial charge in [-0.2, -0.15) is 5.10 Å². The lowest BCUT2D eigenvalue weighted by atomic mass is 9.98. The van der Waals surface area contributed by atoms with E-state index in [1.807, 2.05) is 6.92 Å². The summed E-state index contributed by atoms with van der Waals surface area (Å²) in [6.45, 7) is 8.06. The molecule has 0 aromatic carbocycles. The van der Waals surface area contributed by atoms with Crippen LogP contribution in [0, 0.1) is 6.92 Å². The standard InChI is InChI=1S/C17H24N4O2S/c1-3-6-21-14(8-12(2)19-21)10-20-7-4-5-13(9-20)16-18-15(11-24-16)17(22)23/h8,11,13H,3-7,9-10H2,1-2H3,(H,22,23). The summed E-state index contributed by atoms with van der Waals surface area (Å²) < 4.78 is 2.12. The third kappa shape index (κ3) is 3.84. The fourth-order valence-electron chi connectivity index (χ4n) is 3.33. The molecule has 3 rings (SSSR count). The van der Waals surface area contributed by atoms with E-state index in [9.17, 15) is 4.79 Å². The maximum Gasteiger partial charge on any atom is 0.355 e. The van der Waals surface area contributed by atoms with E-state index in [4.69, 9.17) is 5.11 Å². The highest BCUT2D eigenvalue weighted by molar-refractivity contribution is 7.09. The number of nitrogens with zero attached hydrogens (tertiary/aromatic N) is 4. The Labute approximate surface area is 146 Å². The number of aryl methyl sites for hydroxylation is 2. The normalized spacial score (nSPS) is 18.8. The molecule has 1 unspecified atom stereocenters. The van der Waals surface area contributed by atoms with Gasteiger partial charge in [-0.1, -0.05) is 6.92 Å². The molecule has 0 amide bonds. The Morgan fingerprint density at radius 1 is 1.50 bits per heavy atom. The van der Waals surface area contributed by atoms with Crippen molar-refractivity contribution in [1.82, 2.24) is 19.7 Å². The van der Waals surface area contributed by atoms with Crippen LogP contribution in [0.1, 0.15) is 59.0 Å². The van der Waals surface area contributed by atoms with Gasteiger partial charge in [0.2, 0.25) is 0 Å². The van der Waals surface area contributed by atoms with E-state index in [2.05, 4.69) is 32.7 Å². The fraction of sp³-hybridized carbons (Fsp3) is 0.588. The number of thiazole rings is 1. The molecule has 2 aromatic rings. The number of aromatic carboxylic acids is 1. The Balaban J connectivity index is 1.68. The van der Waals surface area contributed by atoms with Gasteiger partial charge in [-0.3, -0.25) is 9.58 Å². The third-order valence-corrected chi connectivity index (χ3v) is 5.41. The molecule has 0 radical (unpaired) electrons. The summed E-state index contributed by atoms with van der Waals surface area (Å²) in [5, 5.41) is 16.2. The maximum absolute atomic E-state index is 11.0. The van der Waals surface area contributed by atoms with Crippen molar-refractivity contribution in [3.05, 3.63) is 33.5 Å². The summed E-state index contributed by atoms with van der Waals surface area (Å²) in [6, 6.07) is 2.17. The molecule has 0 bridgehead atoms. The monoisotopic (exact) mass is 348 g/mol. The summed E-state index contributed by atoms with van der Waals surface area (Å²) in [7, 11) is 0. The number of piperidine rings is 1. The van der Waals surface area contributed by atoms with Crippen LogP contribution in [0.5, 0.6) is 0 Å². The number of carboxylic acids is 1. The van der Waals surface area contributed by atoms with Gasteiger partial charge in [-0.05, 0) is 38.8 Å². The van der Waals surface area contributed by atoms with Gasteiger partial charge < -0.3 is 5.11 Å². The lowest BCUT2D eigenvalue weighted by molar-refractivity contribution is 0.0691. The smallest absolute Gasteiger partial charge is 0.355 e. The third-order valence-electron chi connectivity index (χ3n) is 4.40. The zero-order valence-corrected chi connectivity index (χ0v) is 15.1. The molecule has 0 spiro atoms. The molecule has 1 atom stereocenters. The second-order valence-corrected chi connectivity index (χ2v) is 7.34. The molecule has 130 valence electrons. The van der Waals surface area contributed by atoms with Gasteiger partial charge in [-0.25, -0.2) is 9.78 Å². The zero-order chi connectivity index (χ0) is 17.1.